The largest absolute Gasteiger partial charge is 0.393 e. The van der Waals surface area contributed by atoms with Gasteiger partial charge in [-0.05, 0) is 37.8 Å². The molecule has 0 bridgehead atoms. The van der Waals surface area contributed by atoms with Crippen LogP contribution < -0.4 is 0 Å². The van der Waals surface area contributed by atoms with E-state index in [0.29, 0.717) is 0 Å². The third kappa shape index (κ3) is 4.05. The van der Waals surface area contributed by atoms with Crippen molar-refractivity contribution in [3.05, 3.63) is 34.9 Å². The van der Waals surface area contributed by atoms with Gasteiger partial charge in [0.2, 0.25) is 0 Å². The summed E-state index contributed by atoms with van der Waals surface area (Å²) in [6.07, 6.45) is 3.82. The van der Waals surface area contributed by atoms with Crippen LogP contribution in [0.25, 0.3) is 0 Å². The zero-order valence-corrected chi connectivity index (χ0v) is 10.1. The average molecular weight is 206 g/mol. The average Bonchev–Trinajstić information content (AvgIpc) is 2.20. The van der Waals surface area contributed by atoms with Crippen LogP contribution in [0, 0.1) is 13.8 Å². The van der Waals surface area contributed by atoms with Gasteiger partial charge in [0, 0.05) is 0 Å². The minimum Gasteiger partial charge on any atom is -0.393 e. The first-order valence-corrected chi connectivity index (χ1v) is 5.87. The van der Waals surface area contributed by atoms with Crippen LogP contribution in [0.3, 0.4) is 0 Å². The molecule has 1 nitrogen and oxygen atoms in total. The van der Waals surface area contributed by atoms with Gasteiger partial charge in [0.15, 0.2) is 0 Å². The van der Waals surface area contributed by atoms with E-state index in [9.17, 15) is 5.11 Å². The van der Waals surface area contributed by atoms with Crippen molar-refractivity contribution in [2.45, 2.75) is 52.6 Å². The van der Waals surface area contributed by atoms with Crippen molar-refractivity contribution in [1.29, 1.82) is 0 Å². The summed E-state index contributed by atoms with van der Waals surface area (Å²) in [5, 5.41) is 9.85. The van der Waals surface area contributed by atoms with Crippen molar-refractivity contribution in [1.82, 2.24) is 0 Å². The molecule has 0 saturated heterocycles. The standard InChI is InChI=1S/C14H22O/c1-4-5-6-14(15)10-13-9-11(2)7-8-12(13)3/h7-9,14-15H,4-6,10H2,1-3H3. The van der Waals surface area contributed by atoms with Gasteiger partial charge >= 0.3 is 0 Å². The lowest BCUT2D eigenvalue weighted by atomic mass is 9.98. The quantitative estimate of drug-likeness (QED) is 0.783. The van der Waals surface area contributed by atoms with E-state index in [1.165, 1.54) is 16.7 Å². The van der Waals surface area contributed by atoms with Crippen LogP contribution in [0.2, 0.25) is 0 Å². The summed E-state index contributed by atoms with van der Waals surface area (Å²) >= 11 is 0. The van der Waals surface area contributed by atoms with Gasteiger partial charge in [0.05, 0.1) is 6.10 Å². The molecule has 0 aliphatic heterocycles. The molecule has 0 aliphatic carbocycles. The Morgan fingerprint density at radius 2 is 2.00 bits per heavy atom. The van der Waals surface area contributed by atoms with Crippen LogP contribution >= 0.6 is 0 Å². The van der Waals surface area contributed by atoms with Crippen LogP contribution in [0.5, 0.6) is 0 Å². The number of hydrogen-bond donors (Lipinski definition) is 1. The topological polar surface area (TPSA) is 20.2 Å². The lowest BCUT2D eigenvalue weighted by molar-refractivity contribution is 0.161. The number of aryl methyl sites for hydroxylation is 2. The Kier molecular flexibility index (Phi) is 4.83. The van der Waals surface area contributed by atoms with Gasteiger partial charge in [0.25, 0.3) is 0 Å². The van der Waals surface area contributed by atoms with Gasteiger partial charge in [-0.2, -0.15) is 0 Å². The third-order valence-electron chi connectivity index (χ3n) is 2.85. The molecule has 1 unspecified atom stereocenters. The lowest BCUT2D eigenvalue weighted by Gasteiger charge is -2.12. The molecule has 84 valence electrons. The molecule has 0 aromatic heterocycles. The molecule has 0 aliphatic rings. The second-order valence-corrected chi connectivity index (χ2v) is 4.43. The number of unbranched alkanes of at least 4 members (excludes halogenated alkanes) is 1. The molecule has 1 rings (SSSR count). The van der Waals surface area contributed by atoms with E-state index in [1.807, 2.05) is 0 Å². The summed E-state index contributed by atoms with van der Waals surface area (Å²) < 4.78 is 0. The van der Waals surface area contributed by atoms with E-state index >= 15 is 0 Å². The Labute approximate surface area is 93.1 Å². The molecule has 0 heterocycles. The maximum Gasteiger partial charge on any atom is 0.0580 e. The maximum atomic E-state index is 9.85. The molecular weight excluding hydrogens is 184 g/mol. The van der Waals surface area contributed by atoms with Gasteiger partial charge in [-0.3, -0.25) is 0 Å². The first kappa shape index (κ1) is 12.3. The van der Waals surface area contributed by atoms with Crippen LogP contribution in [-0.2, 0) is 6.42 Å². The molecule has 1 aromatic carbocycles. The summed E-state index contributed by atoms with van der Waals surface area (Å²) in [7, 11) is 0. The van der Waals surface area contributed by atoms with Crippen molar-refractivity contribution >= 4 is 0 Å². The summed E-state index contributed by atoms with van der Waals surface area (Å²) in [5.41, 5.74) is 3.85. The fraction of sp³-hybridized carbons (Fsp3) is 0.571. The minimum absolute atomic E-state index is 0.176. The fourth-order valence-corrected chi connectivity index (χ4v) is 1.82. The zero-order valence-electron chi connectivity index (χ0n) is 10.1. The fourth-order valence-electron chi connectivity index (χ4n) is 1.82. The Morgan fingerprint density at radius 1 is 1.27 bits per heavy atom. The number of rotatable bonds is 5. The Balaban J connectivity index is 2.59. The van der Waals surface area contributed by atoms with Gasteiger partial charge in [-0.15, -0.1) is 0 Å². The highest BCUT2D eigenvalue weighted by Gasteiger charge is 2.07. The predicted molar refractivity (Wildman–Crippen MR) is 65.2 cm³/mol. The van der Waals surface area contributed by atoms with E-state index in [0.717, 1.165) is 25.7 Å². The second kappa shape index (κ2) is 5.92. The monoisotopic (exact) mass is 206 g/mol. The van der Waals surface area contributed by atoms with Gasteiger partial charge in [-0.25, -0.2) is 0 Å². The molecule has 0 spiro atoms. The number of benzene rings is 1. The minimum atomic E-state index is -0.176. The number of aliphatic hydroxyl groups is 1. The third-order valence-corrected chi connectivity index (χ3v) is 2.85. The first-order chi connectivity index (χ1) is 7.13. The van der Waals surface area contributed by atoms with Gasteiger partial charge < -0.3 is 5.11 Å². The van der Waals surface area contributed by atoms with Crippen LogP contribution in [0.4, 0.5) is 0 Å². The molecule has 1 atom stereocenters. The normalized spacial score (nSPS) is 12.8. The summed E-state index contributed by atoms with van der Waals surface area (Å²) in [6, 6.07) is 6.44. The van der Waals surface area contributed by atoms with Crippen molar-refractivity contribution in [2.24, 2.45) is 0 Å². The van der Waals surface area contributed by atoms with Crippen LogP contribution in [0.1, 0.15) is 42.9 Å². The van der Waals surface area contributed by atoms with Gasteiger partial charge in [-0.1, -0.05) is 43.5 Å². The van der Waals surface area contributed by atoms with Crippen molar-refractivity contribution in [2.75, 3.05) is 0 Å². The van der Waals surface area contributed by atoms with Crippen molar-refractivity contribution in [3.8, 4) is 0 Å². The molecule has 1 N–H and O–H groups in total. The smallest absolute Gasteiger partial charge is 0.0580 e. The summed E-state index contributed by atoms with van der Waals surface area (Å²) in [6.45, 7) is 6.37. The molecule has 0 amide bonds. The Morgan fingerprint density at radius 3 is 2.67 bits per heavy atom. The highest BCUT2D eigenvalue weighted by molar-refractivity contribution is 5.30. The van der Waals surface area contributed by atoms with Crippen molar-refractivity contribution in [3.63, 3.8) is 0 Å². The van der Waals surface area contributed by atoms with E-state index in [-0.39, 0.29) is 6.10 Å². The van der Waals surface area contributed by atoms with E-state index in [4.69, 9.17) is 0 Å². The first-order valence-electron chi connectivity index (χ1n) is 5.87. The van der Waals surface area contributed by atoms with E-state index in [2.05, 4.69) is 39.0 Å². The Bertz CT molecular complexity index is 304. The van der Waals surface area contributed by atoms with E-state index in [1.54, 1.807) is 0 Å². The molecule has 1 aromatic rings. The molecule has 0 fully saturated rings. The lowest BCUT2D eigenvalue weighted by Crippen LogP contribution is -2.11. The predicted octanol–water partition coefficient (Wildman–Crippen LogP) is 3.40. The Hall–Kier alpha value is -0.820. The second-order valence-electron chi connectivity index (χ2n) is 4.43. The molecule has 1 heteroatoms. The molecule has 0 radical (unpaired) electrons. The summed E-state index contributed by atoms with van der Waals surface area (Å²) in [5.74, 6) is 0. The number of aliphatic hydroxyl groups excluding tert-OH is 1. The van der Waals surface area contributed by atoms with E-state index < -0.39 is 0 Å². The van der Waals surface area contributed by atoms with Gasteiger partial charge in [0.1, 0.15) is 0 Å². The SMILES string of the molecule is CCCCC(O)Cc1cc(C)ccc1C. The molecular formula is C14H22O. The number of hydrogen-bond acceptors (Lipinski definition) is 1. The molecule has 0 saturated carbocycles. The molecule has 15 heavy (non-hydrogen) atoms. The summed E-state index contributed by atoms with van der Waals surface area (Å²) in [4.78, 5) is 0. The van der Waals surface area contributed by atoms with Crippen LogP contribution in [-0.4, -0.2) is 11.2 Å². The highest BCUT2D eigenvalue weighted by atomic mass is 16.3. The highest BCUT2D eigenvalue weighted by Crippen LogP contribution is 2.15. The zero-order chi connectivity index (χ0) is 11.3. The van der Waals surface area contributed by atoms with Crippen molar-refractivity contribution < 1.29 is 5.11 Å². The maximum absolute atomic E-state index is 9.85. The van der Waals surface area contributed by atoms with Crippen LogP contribution in [0.15, 0.2) is 18.2 Å².